The van der Waals surface area contributed by atoms with Gasteiger partial charge < -0.3 is 5.11 Å². The van der Waals surface area contributed by atoms with E-state index < -0.39 is 5.97 Å². The van der Waals surface area contributed by atoms with Crippen molar-refractivity contribution >= 4 is 5.97 Å². The van der Waals surface area contributed by atoms with Gasteiger partial charge in [0.1, 0.15) is 0 Å². The van der Waals surface area contributed by atoms with E-state index in [0.29, 0.717) is 6.42 Å². The Balaban J connectivity index is 0. The van der Waals surface area contributed by atoms with Gasteiger partial charge in [0, 0.05) is 22.9 Å². The molecule has 0 heterocycles. The number of rotatable bonds is 12. The summed E-state index contributed by atoms with van der Waals surface area (Å²) in [4.78, 5) is 10.3. The fourth-order valence-electron chi connectivity index (χ4n) is 1.94. The zero-order chi connectivity index (χ0) is 12.1. The van der Waals surface area contributed by atoms with E-state index in [-0.39, 0.29) is 16.5 Å². The van der Waals surface area contributed by atoms with Gasteiger partial charge in [0.25, 0.3) is 0 Å². The molecule has 0 aliphatic rings. The maximum atomic E-state index is 10.3. The summed E-state index contributed by atoms with van der Waals surface area (Å²) in [5.41, 5.74) is 0. The summed E-state index contributed by atoms with van der Waals surface area (Å²) in [5, 5.41) is 8.46. The normalized spacial score (nSPS) is 9.94. The smallest absolute Gasteiger partial charge is 0.303 e. The van der Waals surface area contributed by atoms with Crippen LogP contribution in [0.5, 0.6) is 0 Å². The Kier molecular flexibility index (Phi) is 18.1. The van der Waals surface area contributed by atoms with Crippen molar-refractivity contribution in [2.75, 3.05) is 0 Å². The van der Waals surface area contributed by atoms with E-state index in [2.05, 4.69) is 6.92 Å². The van der Waals surface area contributed by atoms with Crippen LogP contribution in [0, 0.1) is 0 Å². The Morgan fingerprint density at radius 1 is 0.765 bits per heavy atom. The molecule has 0 amide bonds. The Bertz CT molecular complexity index is 160. The second-order valence-electron chi connectivity index (χ2n) is 4.68. The van der Waals surface area contributed by atoms with Gasteiger partial charge in [-0.3, -0.25) is 4.79 Å². The minimum atomic E-state index is -0.657. The number of unbranched alkanes of at least 4 members (excludes halogenated alkanes) is 10. The van der Waals surface area contributed by atoms with Gasteiger partial charge in [-0.2, -0.15) is 0 Å². The largest absolute Gasteiger partial charge is 0.481 e. The molecule has 106 valence electrons. The second kappa shape index (κ2) is 16.0. The molecule has 0 rings (SSSR count). The fourth-order valence-corrected chi connectivity index (χ4v) is 1.94. The molecule has 0 saturated heterocycles. The Hall–Kier alpha value is -0.0365. The molecule has 0 fully saturated rings. The molecule has 0 saturated carbocycles. The molecule has 0 aliphatic heterocycles. The molecule has 3 heteroatoms. The van der Waals surface area contributed by atoms with Gasteiger partial charge in [-0.25, -0.2) is 0 Å². The van der Waals surface area contributed by atoms with Crippen molar-refractivity contribution in [2.45, 2.75) is 84.0 Å². The molecule has 0 spiro atoms. The van der Waals surface area contributed by atoms with E-state index in [1.165, 1.54) is 57.8 Å². The summed E-state index contributed by atoms with van der Waals surface area (Å²) in [6, 6.07) is 0. The van der Waals surface area contributed by atoms with Crippen molar-refractivity contribution < 1.29 is 26.4 Å². The number of aliphatic carboxylic acids is 1. The van der Waals surface area contributed by atoms with E-state index in [4.69, 9.17) is 5.11 Å². The molecule has 0 aromatic rings. The number of hydrogen-bond acceptors (Lipinski definition) is 1. The minimum Gasteiger partial charge on any atom is -0.481 e. The van der Waals surface area contributed by atoms with E-state index in [1.807, 2.05) is 0 Å². The van der Waals surface area contributed by atoms with Crippen LogP contribution in [-0.2, 0) is 21.3 Å². The average Bonchev–Trinajstić information content (AvgIpc) is 2.25. The van der Waals surface area contributed by atoms with Crippen molar-refractivity contribution in [3.63, 3.8) is 0 Å². The first kappa shape index (κ1) is 19.3. The van der Waals surface area contributed by atoms with Crippen LogP contribution in [0.25, 0.3) is 0 Å². The van der Waals surface area contributed by atoms with Gasteiger partial charge in [-0.15, -0.1) is 0 Å². The van der Waals surface area contributed by atoms with E-state index >= 15 is 0 Å². The topological polar surface area (TPSA) is 37.3 Å². The van der Waals surface area contributed by atoms with Gasteiger partial charge in [0.2, 0.25) is 0 Å². The van der Waals surface area contributed by atoms with E-state index in [0.717, 1.165) is 12.8 Å². The average molecular weight is 287 g/mol. The Morgan fingerprint density at radius 3 is 1.47 bits per heavy atom. The summed E-state index contributed by atoms with van der Waals surface area (Å²) < 4.78 is 0. The van der Waals surface area contributed by atoms with Crippen LogP contribution < -0.4 is 0 Å². The molecular weight excluding hydrogens is 259 g/mol. The maximum Gasteiger partial charge on any atom is 0.303 e. The molecule has 0 aliphatic carbocycles. The summed E-state index contributed by atoms with van der Waals surface area (Å²) >= 11 is 0. The first-order valence-corrected chi connectivity index (χ1v) is 6.99. The summed E-state index contributed by atoms with van der Waals surface area (Å²) in [6.07, 6.45) is 14.4. The third-order valence-corrected chi connectivity index (χ3v) is 2.99. The predicted octanol–water partition coefficient (Wildman–Crippen LogP) is 4.77. The number of carboxylic acids is 1. The van der Waals surface area contributed by atoms with Crippen molar-refractivity contribution in [2.24, 2.45) is 0 Å². The molecule has 0 bridgehead atoms. The number of hydrogen-bond donors (Lipinski definition) is 1. The summed E-state index contributed by atoms with van der Waals surface area (Å²) in [7, 11) is 0. The monoisotopic (exact) mass is 286 g/mol. The SMILES string of the molecule is CCCCCCCCCCCCCC(=O)O.[Ni]. The zero-order valence-electron chi connectivity index (χ0n) is 11.2. The number of carboxylic acid groups (broad SMARTS) is 1. The summed E-state index contributed by atoms with van der Waals surface area (Å²) in [5.74, 6) is -0.657. The van der Waals surface area contributed by atoms with Gasteiger partial charge in [0.15, 0.2) is 0 Å². The predicted molar refractivity (Wildman–Crippen MR) is 68.7 cm³/mol. The first-order chi connectivity index (χ1) is 7.77. The van der Waals surface area contributed by atoms with Crippen LogP contribution in [0.1, 0.15) is 84.0 Å². The van der Waals surface area contributed by atoms with Crippen LogP contribution in [-0.4, -0.2) is 11.1 Å². The standard InChI is InChI=1S/C14H28O2.Ni/c1-2-3-4-5-6-7-8-9-10-11-12-13-14(15)16;/h2-13H2,1H3,(H,15,16);. The third-order valence-electron chi connectivity index (χ3n) is 2.99. The molecule has 0 unspecified atom stereocenters. The van der Waals surface area contributed by atoms with E-state index in [9.17, 15) is 4.79 Å². The summed E-state index contributed by atoms with van der Waals surface area (Å²) in [6.45, 7) is 2.25. The molecule has 0 aromatic heterocycles. The molecule has 0 aromatic carbocycles. The van der Waals surface area contributed by atoms with Crippen LogP contribution >= 0.6 is 0 Å². The molecule has 0 atom stereocenters. The van der Waals surface area contributed by atoms with Crippen LogP contribution in [0.3, 0.4) is 0 Å². The van der Waals surface area contributed by atoms with Crippen molar-refractivity contribution in [1.82, 2.24) is 0 Å². The second-order valence-corrected chi connectivity index (χ2v) is 4.68. The third kappa shape index (κ3) is 18.5. The molecule has 0 radical (unpaired) electrons. The van der Waals surface area contributed by atoms with Crippen molar-refractivity contribution in [1.29, 1.82) is 0 Å². The van der Waals surface area contributed by atoms with Crippen molar-refractivity contribution in [3.05, 3.63) is 0 Å². The Labute approximate surface area is 116 Å². The minimum absolute atomic E-state index is 0. The maximum absolute atomic E-state index is 10.3. The molecular formula is C14H28NiO2. The zero-order valence-corrected chi connectivity index (χ0v) is 12.1. The van der Waals surface area contributed by atoms with Gasteiger partial charge in [0.05, 0.1) is 0 Å². The fraction of sp³-hybridized carbons (Fsp3) is 0.929. The van der Waals surface area contributed by atoms with Gasteiger partial charge >= 0.3 is 5.97 Å². The van der Waals surface area contributed by atoms with E-state index in [1.54, 1.807) is 0 Å². The van der Waals surface area contributed by atoms with Crippen LogP contribution in [0.15, 0.2) is 0 Å². The number of carbonyl (C=O) groups is 1. The van der Waals surface area contributed by atoms with Crippen molar-refractivity contribution in [3.8, 4) is 0 Å². The Morgan fingerprint density at radius 2 is 1.12 bits per heavy atom. The van der Waals surface area contributed by atoms with Gasteiger partial charge in [-0.05, 0) is 6.42 Å². The quantitative estimate of drug-likeness (QED) is 0.414. The molecule has 1 N–H and O–H groups in total. The van der Waals surface area contributed by atoms with Crippen LogP contribution in [0.2, 0.25) is 0 Å². The van der Waals surface area contributed by atoms with Gasteiger partial charge in [-0.1, -0.05) is 71.1 Å². The first-order valence-electron chi connectivity index (χ1n) is 6.99. The molecule has 17 heavy (non-hydrogen) atoms. The van der Waals surface area contributed by atoms with Crippen LogP contribution in [0.4, 0.5) is 0 Å². The molecule has 2 nitrogen and oxygen atoms in total.